The van der Waals surface area contributed by atoms with E-state index in [2.05, 4.69) is 14.0 Å². The summed E-state index contributed by atoms with van der Waals surface area (Å²) in [5, 5.41) is 9.21. The summed E-state index contributed by atoms with van der Waals surface area (Å²) in [5.74, 6) is -1.76. The number of carbonyl (C=O) groups excluding carboxylic acids is 1. The van der Waals surface area contributed by atoms with Crippen molar-refractivity contribution in [2.75, 3.05) is 13.2 Å². The number of pyridine rings is 1. The van der Waals surface area contributed by atoms with E-state index in [9.17, 15) is 23.2 Å². The molecule has 1 N–H and O–H groups in total. The molecule has 1 rings (SSSR count). The smallest absolute Gasteiger partial charge is 0.392 e. The highest BCUT2D eigenvalue weighted by Gasteiger charge is 2.60. The monoisotopic (exact) mass is 337 g/mol. The lowest BCUT2D eigenvalue weighted by molar-refractivity contribution is 0.0320. The third-order valence-electron chi connectivity index (χ3n) is 2.76. The van der Waals surface area contributed by atoms with E-state index in [4.69, 9.17) is 0 Å². The summed E-state index contributed by atoms with van der Waals surface area (Å²) in [6.07, 6.45) is 0.916. The minimum absolute atomic E-state index is 0.0308. The van der Waals surface area contributed by atoms with Crippen molar-refractivity contribution in [1.29, 1.82) is 0 Å². The number of aryl methyl sites for hydroxylation is 1. The largest absolute Gasteiger partial charge is 0.408 e. The molecule has 124 valence electrons. The maximum atomic E-state index is 14.4. The van der Waals surface area contributed by atoms with E-state index >= 15 is 0 Å². The van der Waals surface area contributed by atoms with E-state index in [-0.39, 0.29) is 18.8 Å². The van der Waals surface area contributed by atoms with Crippen LogP contribution in [0.4, 0.5) is 8.78 Å². The zero-order chi connectivity index (χ0) is 17.0. The summed E-state index contributed by atoms with van der Waals surface area (Å²) >= 11 is 0. The average Bonchev–Trinajstić information content (AvgIpc) is 2.46. The first-order chi connectivity index (χ1) is 10.2. The molecule has 0 radical (unpaired) electrons. The van der Waals surface area contributed by atoms with Gasteiger partial charge in [-0.15, -0.1) is 0 Å². The second-order valence-electron chi connectivity index (χ2n) is 4.34. The summed E-state index contributed by atoms with van der Waals surface area (Å²) in [7, 11) is -4.98. The minimum atomic E-state index is -4.98. The van der Waals surface area contributed by atoms with Gasteiger partial charge in [0.15, 0.2) is 0 Å². The van der Waals surface area contributed by atoms with Gasteiger partial charge in [-0.05, 0) is 32.4 Å². The van der Waals surface area contributed by atoms with Gasteiger partial charge in [0.2, 0.25) is 5.78 Å². The van der Waals surface area contributed by atoms with Crippen LogP contribution < -0.4 is 0 Å². The van der Waals surface area contributed by atoms with Crippen LogP contribution in [0.2, 0.25) is 0 Å². The Morgan fingerprint density at radius 1 is 1.36 bits per heavy atom. The molecule has 0 aliphatic carbocycles. The molecule has 0 atom stereocenters. The van der Waals surface area contributed by atoms with Crippen LogP contribution in [0.3, 0.4) is 0 Å². The van der Waals surface area contributed by atoms with E-state index in [1.807, 2.05) is 0 Å². The van der Waals surface area contributed by atoms with Crippen molar-refractivity contribution >= 4 is 13.4 Å². The number of nitrogens with zero attached hydrogens (tertiary/aromatic N) is 1. The van der Waals surface area contributed by atoms with E-state index in [1.54, 1.807) is 6.92 Å². The number of hydrogen-bond donors (Lipinski definition) is 1. The first kappa shape index (κ1) is 18.8. The van der Waals surface area contributed by atoms with Gasteiger partial charge in [-0.25, -0.2) is 0 Å². The Morgan fingerprint density at radius 2 is 1.91 bits per heavy atom. The molecule has 1 aromatic heterocycles. The Morgan fingerprint density at radius 3 is 2.36 bits per heavy atom. The second-order valence-corrected chi connectivity index (χ2v) is 6.42. The SMILES string of the molecule is CCOP(=O)(OCC)C(F)(F)C(=O)c1cnc(C)cc1CO. The normalized spacial score (nSPS) is 12.5. The maximum Gasteiger partial charge on any atom is 0.408 e. The van der Waals surface area contributed by atoms with Crippen molar-refractivity contribution < 1.29 is 32.3 Å². The Bertz CT molecular complexity index is 584. The maximum absolute atomic E-state index is 14.4. The fraction of sp³-hybridized carbons (Fsp3) is 0.538. The number of Topliss-reactive ketones (excluding diaryl/α,β-unsaturated/α-hetero) is 1. The van der Waals surface area contributed by atoms with Crippen molar-refractivity contribution in [2.24, 2.45) is 0 Å². The minimum Gasteiger partial charge on any atom is -0.392 e. The highest BCUT2D eigenvalue weighted by molar-refractivity contribution is 7.56. The molecule has 0 unspecified atom stereocenters. The van der Waals surface area contributed by atoms with E-state index in [1.165, 1.54) is 19.9 Å². The molecule has 1 aromatic rings. The Labute approximate surface area is 127 Å². The van der Waals surface area contributed by atoms with Gasteiger partial charge in [-0.2, -0.15) is 8.78 Å². The zero-order valence-electron chi connectivity index (χ0n) is 12.5. The first-order valence-electron chi connectivity index (χ1n) is 6.61. The van der Waals surface area contributed by atoms with Gasteiger partial charge in [-0.3, -0.25) is 14.3 Å². The Balaban J connectivity index is 3.32. The van der Waals surface area contributed by atoms with Crippen molar-refractivity contribution in [3.63, 3.8) is 0 Å². The quantitative estimate of drug-likeness (QED) is 0.580. The van der Waals surface area contributed by atoms with Crippen molar-refractivity contribution in [3.05, 3.63) is 29.1 Å². The van der Waals surface area contributed by atoms with E-state index < -0.39 is 31.2 Å². The van der Waals surface area contributed by atoms with Gasteiger partial charge in [0, 0.05) is 17.5 Å². The van der Waals surface area contributed by atoms with Crippen LogP contribution in [0.1, 0.15) is 35.5 Å². The number of rotatable bonds is 8. The number of aliphatic hydroxyl groups excluding tert-OH is 1. The lowest BCUT2D eigenvalue weighted by Gasteiger charge is -2.25. The summed E-state index contributed by atoms with van der Waals surface area (Å²) in [4.78, 5) is 15.9. The van der Waals surface area contributed by atoms with Crippen LogP contribution in [0, 0.1) is 6.92 Å². The topological polar surface area (TPSA) is 85.7 Å². The number of halogens is 2. The van der Waals surface area contributed by atoms with Crippen molar-refractivity contribution in [1.82, 2.24) is 4.98 Å². The molecule has 22 heavy (non-hydrogen) atoms. The summed E-state index contributed by atoms with van der Waals surface area (Å²) in [6.45, 7) is 3.06. The lowest BCUT2D eigenvalue weighted by Crippen LogP contribution is -2.32. The molecule has 0 aliphatic heterocycles. The molecule has 0 bridgehead atoms. The van der Waals surface area contributed by atoms with Crippen LogP contribution in [-0.2, 0) is 20.2 Å². The number of ketones is 1. The molecular formula is C13H18F2NO5P. The van der Waals surface area contributed by atoms with Crippen LogP contribution >= 0.6 is 7.60 Å². The fourth-order valence-corrected chi connectivity index (χ4v) is 3.23. The van der Waals surface area contributed by atoms with Gasteiger partial charge in [0.1, 0.15) is 0 Å². The third kappa shape index (κ3) is 3.57. The lowest BCUT2D eigenvalue weighted by atomic mass is 10.1. The molecule has 0 fully saturated rings. The number of hydrogen-bond acceptors (Lipinski definition) is 6. The number of aliphatic hydroxyl groups is 1. The van der Waals surface area contributed by atoms with Gasteiger partial charge in [0.05, 0.1) is 19.8 Å². The van der Waals surface area contributed by atoms with Crippen LogP contribution in [0.5, 0.6) is 0 Å². The molecule has 0 saturated carbocycles. The molecule has 0 saturated heterocycles. The van der Waals surface area contributed by atoms with Crippen LogP contribution in [0.15, 0.2) is 12.3 Å². The molecule has 0 amide bonds. The highest BCUT2D eigenvalue weighted by Crippen LogP contribution is 2.62. The standard InChI is InChI=1S/C13H18F2NO5P/c1-4-20-22(19,21-5-2)13(14,15)12(18)11-7-16-9(3)6-10(11)8-17/h6-7,17H,4-5,8H2,1-3H3. The third-order valence-corrected chi connectivity index (χ3v) is 4.84. The van der Waals surface area contributed by atoms with Gasteiger partial charge in [0.25, 0.3) is 0 Å². The molecule has 0 aromatic carbocycles. The summed E-state index contributed by atoms with van der Waals surface area (Å²) < 4.78 is 50.1. The molecule has 9 heteroatoms. The Kier molecular flexibility index (Phi) is 6.31. The molecule has 6 nitrogen and oxygen atoms in total. The summed E-state index contributed by atoms with van der Waals surface area (Å²) in [6, 6.07) is 1.30. The highest BCUT2D eigenvalue weighted by atomic mass is 31.2. The van der Waals surface area contributed by atoms with Crippen LogP contribution in [0.25, 0.3) is 0 Å². The fourth-order valence-electron chi connectivity index (χ4n) is 1.78. The predicted octanol–water partition coefficient (Wildman–Crippen LogP) is 2.92. The zero-order valence-corrected chi connectivity index (χ0v) is 13.4. The number of aromatic nitrogens is 1. The number of alkyl halides is 2. The van der Waals surface area contributed by atoms with Crippen molar-refractivity contribution in [3.8, 4) is 0 Å². The number of carbonyl (C=O) groups is 1. The van der Waals surface area contributed by atoms with E-state index in [0.29, 0.717) is 5.69 Å². The molecule has 0 spiro atoms. The van der Waals surface area contributed by atoms with Gasteiger partial charge < -0.3 is 14.2 Å². The second kappa shape index (κ2) is 7.37. The molecular weight excluding hydrogens is 319 g/mol. The van der Waals surface area contributed by atoms with E-state index in [0.717, 1.165) is 6.20 Å². The average molecular weight is 337 g/mol. The van der Waals surface area contributed by atoms with Crippen LogP contribution in [-0.4, -0.2) is 34.8 Å². The van der Waals surface area contributed by atoms with Gasteiger partial charge >= 0.3 is 13.3 Å². The Hall–Kier alpha value is -1.21. The van der Waals surface area contributed by atoms with Gasteiger partial charge in [-0.1, -0.05) is 0 Å². The molecule has 1 heterocycles. The predicted molar refractivity (Wildman–Crippen MR) is 75.0 cm³/mol. The first-order valence-corrected chi connectivity index (χ1v) is 8.16. The molecule has 0 aliphatic rings. The summed E-state index contributed by atoms with van der Waals surface area (Å²) in [5.41, 5.74) is -4.48. The van der Waals surface area contributed by atoms with Crippen molar-refractivity contribution in [2.45, 2.75) is 33.0 Å².